The summed E-state index contributed by atoms with van der Waals surface area (Å²) in [6.07, 6.45) is -1.05. The van der Waals surface area contributed by atoms with E-state index < -0.39 is 18.0 Å². The lowest BCUT2D eigenvalue weighted by atomic mass is 10.1. The molecule has 0 aliphatic heterocycles. The predicted octanol–water partition coefficient (Wildman–Crippen LogP) is 4.24. The molecule has 0 aliphatic rings. The van der Waals surface area contributed by atoms with Gasteiger partial charge in [-0.15, -0.1) is 0 Å². The summed E-state index contributed by atoms with van der Waals surface area (Å²) in [5, 5.41) is 3.40. The van der Waals surface area contributed by atoms with Crippen molar-refractivity contribution in [1.82, 2.24) is 0 Å². The van der Waals surface area contributed by atoms with Crippen LogP contribution in [0.4, 0.5) is 5.69 Å². The van der Waals surface area contributed by atoms with Gasteiger partial charge in [0.2, 0.25) is 6.10 Å². The first-order chi connectivity index (χ1) is 10.5. The van der Waals surface area contributed by atoms with Gasteiger partial charge in [-0.3, -0.25) is 9.59 Å². The largest absolute Gasteiger partial charge is 0.447 e. The number of nitrogens with one attached hydrogen (secondary N) is 1. The van der Waals surface area contributed by atoms with Crippen LogP contribution in [0.25, 0.3) is 0 Å². The van der Waals surface area contributed by atoms with Gasteiger partial charge >= 0.3 is 5.97 Å². The maximum atomic E-state index is 12.4. The summed E-state index contributed by atoms with van der Waals surface area (Å²) >= 11 is 11.8. The molecule has 0 saturated carbocycles. The summed E-state index contributed by atoms with van der Waals surface area (Å²) in [6, 6.07) is 13.4. The number of carbonyl (C=O) groups is 2. The van der Waals surface area contributed by atoms with Gasteiger partial charge in [0.05, 0.1) is 10.7 Å². The third kappa shape index (κ3) is 4.23. The average molecular weight is 338 g/mol. The number of esters is 1. The van der Waals surface area contributed by atoms with Gasteiger partial charge in [0.1, 0.15) is 0 Å². The smallest absolute Gasteiger partial charge is 0.303 e. The average Bonchev–Trinajstić information content (AvgIpc) is 2.48. The molecule has 1 amide bonds. The van der Waals surface area contributed by atoms with Crippen LogP contribution >= 0.6 is 23.2 Å². The minimum Gasteiger partial charge on any atom is -0.447 e. The number of ether oxygens (including phenoxy) is 1. The molecule has 6 heteroatoms. The van der Waals surface area contributed by atoms with Gasteiger partial charge in [-0.1, -0.05) is 53.5 Å². The Labute approximate surface area is 138 Å². The Morgan fingerprint density at radius 2 is 1.77 bits per heavy atom. The number of halogens is 2. The first kappa shape index (κ1) is 16.3. The first-order valence-corrected chi connectivity index (χ1v) is 7.21. The molecule has 1 N–H and O–H groups in total. The van der Waals surface area contributed by atoms with Gasteiger partial charge in [0, 0.05) is 17.5 Å². The van der Waals surface area contributed by atoms with Gasteiger partial charge in [-0.2, -0.15) is 0 Å². The SMILES string of the molecule is CC(=O)OC(C(=O)Nc1ccc(Cl)cc1Cl)c1ccccc1. The number of anilines is 1. The molecule has 0 fully saturated rings. The molecule has 0 radical (unpaired) electrons. The van der Waals surface area contributed by atoms with Gasteiger partial charge in [0.25, 0.3) is 5.91 Å². The van der Waals surface area contributed by atoms with Crippen LogP contribution in [0.15, 0.2) is 48.5 Å². The summed E-state index contributed by atoms with van der Waals surface area (Å²) in [6.45, 7) is 1.25. The van der Waals surface area contributed by atoms with E-state index in [0.717, 1.165) is 0 Å². The zero-order valence-electron chi connectivity index (χ0n) is 11.7. The van der Waals surface area contributed by atoms with Crippen LogP contribution in [0.3, 0.4) is 0 Å². The molecule has 0 spiro atoms. The molecule has 0 bridgehead atoms. The predicted molar refractivity (Wildman–Crippen MR) is 86.0 cm³/mol. The number of hydrogen-bond acceptors (Lipinski definition) is 3. The van der Waals surface area contributed by atoms with Crippen molar-refractivity contribution in [3.63, 3.8) is 0 Å². The lowest BCUT2D eigenvalue weighted by Gasteiger charge is -2.17. The van der Waals surface area contributed by atoms with Crippen LogP contribution in [0.2, 0.25) is 10.0 Å². The number of rotatable bonds is 4. The van der Waals surface area contributed by atoms with E-state index in [1.807, 2.05) is 6.07 Å². The van der Waals surface area contributed by atoms with Crippen LogP contribution < -0.4 is 5.32 Å². The topological polar surface area (TPSA) is 55.4 Å². The van der Waals surface area contributed by atoms with Crippen molar-refractivity contribution < 1.29 is 14.3 Å². The Hall–Kier alpha value is -2.04. The van der Waals surface area contributed by atoms with Crippen molar-refractivity contribution in [1.29, 1.82) is 0 Å². The summed E-state index contributed by atoms with van der Waals surface area (Å²) in [4.78, 5) is 23.7. The quantitative estimate of drug-likeness (QED) is 0.849. The van der Waals surface area contributed by atoms with Gasteiger partial charge in [0.15, 0.2) is 0 Å². The number of carbonyl (C=O) groups excluding carboxylic acids is 2. The van der Waals surface area contributed by atoms with E-state index in [0.29, 0.717) is 21.3 Å². The highest BCUT2D eigenvalue weighted by atomic mass is 35.5. The van der Waals surface area contributed by atoms with E-state index in [-0.39, 0.29) is 0 Å². The van der Waals surface area contributed by atoms with E-state index in [4.69, 9.17) is 27.9 Å². The highest BCUT2D eigenvalue weighted by Gasteiger charge is 2.24. The Balaban J connectivity index is 2.24. The van der Waals surface area contributed by atoms with Crippen molar-refractivity contribution in [2.45, 2.75) is 13.0 Å². The maximum Gasteiger partial charge on any atom is 0.303 e. The third-order valence-electron chi connectivity index (χ3n) is 2.81. The van der Waals surface area contributed by atoms with E-state index in [2.05, 4.69) is 5.32 Å². The van der Waals surface area contributed by atoms with Crippen LogP contribution in [-0.4, -0.2) is 11.9 Å². The molecule has 1 atom stereocenters. The molecule has 0 heterocycles. The second-order valence-electron chi connectivity index (χ2n) is 4.51. The zero-order valence-corrected chi connectivity index (χ0v) is 13.2. The molecular formula is C16H13Cl2NO3. The molecule has 114 valence electrons. The fourth-order valence-corrected chi connectivity index (χ4v) is 2.31. The summed E-state index contributed by atoms with van der Waals surface area (Å²) in [5.41, 5.74) is 0.962. The molecule has 2 rings (SSSR count). The standard InChI is InChI=1S/C16H13Cl2NO3/c1-10(20)22-15(11-5-3-2-4-6-11)16(21)19-14-8-7-12(17)9-13(14)18/h2-9,15H,1H3,(H,19,21). The monoisotopic (exact) mass is 337 g/mol. The molecule has 0 aromatic heterocycles. The van der Waals surface area contributed by atoms with Crippen LogP contribution in [0.5, 0.6) is 0 Å². The molecule has 2 aromatic rings. The molecule has 0 aliphatic carbocycles. The van der Waals surface area contributed by atoms with E-state index in [1.165, 1.54) is 13.0 Å². The lowest BCUT2D eigenvalue weighted by molar-refractivity contribution is -0.152. The second kappa shape index (κ2) is 7.29. The molecule has 0 saturated heterocycles. The Morgan fingerprint density at radius 1 is 1.09 bits per heavy atom. The fraction of sp³-hybridized carbons (Fsp3) is 0.125. The molecular weight excluding hydrogens is 325 g/mol. The summed E-state index contributed by atoms with van der Waals surface area (Å²) < 4.78 is 5.11. The van der Waals surface area contributed by atoms with Crippen molar-refractivity contribution in [2.24, 2.45) is 0 Å². The van der Waals surface area contributed by atoms with Gasteiger partial charge < -0.3 is 10.1 Å². The van der Waals surface area contributed by atoms with Crippen molar-refractivity contribution in [2.75, 3.05) is 5.32 Å². The molecule has 2 aromatic carbocycles. The highest BCUT2D eigenvalue weighted by molar-refractivity contribution is 6.36. The van der Waals surface area contributed by atoms with Crippen molar-refractivity contribution in [3.8, 4) is 0 Å². The van der Waals surface area contributed by atoms with Gasteiger partial charge in [-0.25, -0.2) is 0 Å². The minimum absolute atomic E-state index is 0.301. The lowest BCUT2D eigenvalue weighted by Crippen LogP contribution is -2.25. The Bertz CT molecular complexity index is 689. The maximum absolute atomic E-state index is 12.4. The van der Waals surface area contributed by atoms with Crippen molar-refractivity contribution in [3.05, 3.63) is 64.1 Å². The zero-order chi connectivity index (χ0) is 16.1. The van der Waals surface area contributed by atoms with Gasteiger partial charge in [-0.05, 0) is 18.2 Å². The van der Waals surface area contributed by atoms with Crippen molar-refractivity contribution >= 4 is 40.8 Å². The van der Waals surface area contributed by atoms with Crippen LogP contribution in [0, 0.1) is 0 Å². The normalized spacial score (nSPS) is 11.6. The third-order valence-corrected chi connectivity index (χ3v) is 3.36. The number of benzene rings is 2. The van der Waals surface area contributed by atoms with Crippen LogP contribution in [-0.2, 0) is 14.3 Å². The molecule has 22 heavy (non-hydrogen) atoms. The van der Waals surface area contributed by atoms with E-state index in [1.54, 1.807) is 36.4 Å². The fourth-order valence-electron chi connectivity index (χ4n) is 1.86. The number of amides is 1. The minimum atomic E-state index is -1.05. The first-order valence-electron chi connectivity index (χ1n) is 6.45. The molecule has 1 unspecified atom stereocenters. The Kier molecular flexibility index (Phi) is 5.41. The Morgan fingerprint density at radius 3 is 2.36 bits per heavy atom. The number of hydrogen-bond donors (Lipinski definition) is 1. The summed E-state index contributed by atoms with van der Waals surface area (Å²) in [7, 11) is 0. The highest BCUT2D eigenvalue weighted by Crippen LogP contribution is 2.27. The van der Waals surface area contributed by atoms with Crippen LogP contribution in [0.1, 0.15) is 18.6 Å². The van der Waals surface area contributed by atoms with E-state index >= 15 is 0 Å². The summed E-state index contributed by atoms with van der Waals surface area (Å²) in [5.74, 6) is -1.04. The molecule has 4 nitrogen and oxygen atoms in total. The van der Waals surface area contributed by atoms with E-state index in [9.17, 15) is 9.59 Å². The second-order valence-corrected chi connectivity index (χ2v) is 5.36.